The van der Waals surface area contributed by atoms with E-state index in [0.717, 1.165) is 0 Å². The van der Waals surface area contributed by atoms with Gasteiger partial charge in [-0.3, -0.25) is 0 Å². The van der Waals surface area contributed by atoms with Crippen LogP contribution < -0.4 is 0 Å². The molecule has 0 heterocycles. The molecule has 0 saturated heterocycles. The summed E-state index contributed by atoms with van der Waals surface area (Å²) in [5.41, 5.74) is 0. The van der Waals surface area contributed by atoms with E-state index in [1.807, 2.05) is 0 Å². The van der Waals surface area contributed by atoms with Gasteiger partial charge in [0.25, 0.3) is 0 Å². The second kappa shape index (κ2) is 56.7. The molecule has 0 aromatic carbocycles. The maximum absolute atomic E-state index is 8.25. The van der Waals surface area contributed by atoms with E-state index < -0.39 is 10.2 Å². The van der Waals surface area contributed by atoms with Gasteiger partial charge in [0.15, 0.2) is 0 Å². The van der Waals surface area contributed by atoms with Crippen molar-refractivity contribution in [2.75, 3.05) is 80.0 Å². The molecule has 0 aliphatic rings. The molecule has 0 aromatic rings. The Hall–Kier alpha value is 1.42. The van der Waals surface area contributed by atoms with Crippen LogP contribution in [0, 0.1) is 30.6 Å². The average molecular weight is 855 g/mol. The molecule has 0 saturated carbocycles. The Morgan fingerprint density at radius 2 is 0.429 bits per heavy atom. The second-order valence-corrected chi connectivity index (χ2v) is 16.5. The minimum atomic E-state index is -1.75. The molecular formula is C12H40N2O8P4Pt2-2. The molecule has 28 heavy (non-hydrogen) atoms. The zero-order chi connectivity index (χ0) is 21.5. The Balaban J connectivity index is -0.0000000169. The van der Waals surface area contributed by atoms with Crippen LogP contribution in [0.3, 0.4) is 0 Å². The molecular weight excluding hydrogens is 814 g/mol. The summed E-state index contributed by atoms with van der Waals surface area (Å²) in [6, 6.07) is 0. The number of nitrogens with zero attached hydrogens (tertiary/aromatic N) is 2. The minimum absolute atomic E-state index is 0. The topological polar surface area (TPSA) is 195 Å². The molecule has 0 aliphatic carbocycles. The summed E-state index contributed by atoms with van der Waals surface area (Å²) < 4.78 is 0. The molecule has 0 aromatic heterocycles. The zero-order valence-electron chi connectivity index (χ0n) is 18.8. The van der Waals surface area contributed by atoms with Crippen LogP contribution in [-0.2, 0) is 42.1 Å². The first-order valence-corrected chi connectivity index (χ1v) is 17.2. The monoisotopic (exact) mass is 854 g/mol. The van der Waals surface area contributed by atoms with Crippen molar-refractivity contribution in [1.29, 1.82) is 0 Å². The smallest absolute Gasteiger partial charge is 0.0689 e. The Kier molecular flexibility index (Phi) is 127. The molecule has 188 valence electrons. The Morgan fingerprint density at radius 3 is 0.429 bits per heavy atom. The maximum Gasteiger partial charge on any atom is 0.0689 e. The van der Waals surface area contributed by atoms with E-state index in [2.05, 4.69) is 80.0 Å². The first kappa shape index (κ1) is 63.0. The van der Waals surface area contributed by atoms with Crippen molar-refractivity contribution in [3.8, 4) is 0 Å². The summed E-state index contributed by atoms with van der Waals surface area (Å²) in [5, 5.41) is 29.5. The Labute approximate surface area is 204 Å². The molecule has 0 rings (SSSR count). The standard InChI is InChI=1S/4C3H9P.2NO3.2H2O.2Pt/c4*1-4(2)3;2*2-1(3)4;;;;/h4*1-3H3;;;2*1H2;;/q;;;;2*-1;;;;. The second-order valence-electron chi connectivity index (χ2n) is 5.81. The van der Waals surface area contributed by atoms with Gasteiger partial charge >= 0.3 is 0 Å². The van der Waals surface area contributed by atoms with Crippen LogP contribution in [0.1, 0.15) is 0 Å². The normalized spacial score (nSPS) is 6.86. The Morgan fingerprint density at radius 1 is 0.429 bits per heavy atom. The van der Waals surface area contributed by atoms with Crippen molar-refractivity contribution in [2.24, 2.45) is 0 Å². The van der Waals surface area contributed by atoms with E-state index in [1.165, 1.54) is 0 Å². The van der Waals surface area contributed by atoms with E-state index >= 15 is 0 Å². The van der Waals surface area contributed by atoms with Crippen LogP contribution >= 0.6 is 31.7 Å². The molecule has 0 bridgehead atoms. The quantitative estimate of drug-likeness (QED) is 0.204. The van der Waals surface area contributed by atoms with Gasteiger partial charge in [0, 0.05) is 42.1 Å². The summed E-state index contributed by atoms with van der Waals surface area (Å²) in [6.45, 7) is 26.8. The van der Waals surface area contributed by atoms with Crippen molar-refractivity contribution < 1.29 is 63.3 Å². The van der Waals surface area contributed by atoms with Crippen molar-refractivity contribution in [2.45, 2.75) is 0 Å². The van der Waals surface area contributed by atoms with Crippen LogP contribution in [0.25, 0.3) is 0 Å². The van der Waals surface area contributed by atoms with E-state index in [-0.39, 0.29) is 53.1 Å². The summed E-state index contributed by atoms with van der Waals surface area (Å²) >= 11 is 0. The van der Waals surface area contributed by atoms with Crippen LogP contribution in [0.2, 0.25) is 0 Å². The molecule has 0 radical (unpaired) electrons. The van der Waals surface area contributed by atoms with Gasteiger partial charge in [-0.25, -0.2) is 0 Å². The fourth-order valence-corrected chi connectivity index (χ4v) is 0. The maximum atomic E-state index is 8.25. The summed E-state index contributed by atoms with van der Waals surface area (Å²) in [7, 11) is 1.52. The van der Waals surface area contributed by atoms with Crippen molar-refractivity contribution in [1.82, 2.24) is 0 Å². The zero-order valence-corrected chi connectivity index (χ0v) is 26.9. The van der Waals surface area contributed by atoms with E-state index in [4.69, 9.17) is 30.6 Å². The van der Waals surface area contributed by atoms with E-state index in [9.17, 15) is 0 Å². The molecule has 0 fully saturated rings. The fourth-order valence-electron chi connectivity index (χ4n) is 0. The molecule has 10 nitrogen and oxygen atoms in total. The van der Waals surface area contributed by atoms with Crippen LogP contribution in [0.5, 0.6) is 0 Å². The number of hydrogen-bond acceptors (Lipinski definition) is 6. The van der Waals surface area contributed by atoms with Gasteiger partial charge in [-0.1, -0.05) is 0 Å². The number of hydrogen-bond donors (Lipinski definition) is 0. The molecule has 0 amide bonds. The first-order chi connectivity index (χ1) is 10.4. The largest absolute Gasteiger partial charge is 0.412 e. The third kappa shape index (κ3) is 9530. The van der Waals surface area contributed by atoms with Gasteiger partial charge in [-0.05, 0) is 80.0 Å². The predicted molar refractivity (Wildman–Crippen MR) is 127 cm³/mol. The third-order valence-electron chi connectivity index (χ3n) is 0. The fraction of sp³-hybridized carbons (Fsp3) is 1.00. The Bertz CT molecular complexity index is 205. The van der Waals surface area contributed by atoms with Gasteiger partial charge in [0.1, 0.15) is 0 Å². The van der Waals surface area contributed by atoms with Gasteiger partial charge in [-0.15, -0.1) is 31.7 Å². The van der Waals surface area contributed by atoms with Gasteiger partial charge in [0.05, 0.1) is 10.2 Å². The third-order valence-corrected chi connectivity index (χ3v) is 0. The SMILES string of the molecule is CP(C)C.CP(C)C.CP(C)C.CP(C)C.O.O.O=[N+]([O-])[O-].O=[N+]([O-])[O-].[Pt].[Pt]. The molecule has 0 unspecified atom stereocenters. The average Bonchev–Trinajstić information content (AvgIpc) is 2.08. The van der Waals surface area contributed by atoms with Crippen LogP contribution in [0.15, 0.2) is 0 Å². The van der Waals surface area contributed by atoms with Gasteiger partial charge in [0.2, 0.25) is 0 Å². The minimum Gasteiger partial charge on any atom is -0.412 e. The van der Waals surface area contributed by atoms with E-state index in [0.29, 0.717) is 31.7 Å². The predicted octanol–water partition coefficient (Wildman–Crippen LogP) is 3.30. The van der Waals surface area contributed by atoms with E-state index in [1.54, 1.807) is 0 Å². The summed E-state index contributed by atoms with van der Waals surface area (Å²) in [4.78, 5) is 16.5. The number of rotatable bonds is 0. The summed E-state index contributed by atoms with van der Waals surface area (Å²) in [6.07, 6.45) is 0. The summed E-state index contributed by atoms with van der Waals surface area (Å²) in [5.74, 6) is 0. The molecule has 0 spiro atoms. The van der Waals surface area contributed by atoms with Crippen LogP contribution in [0.4, 0.5) is 0 Å². The van der Waals surface area contributed by atoms with Crippen molar-refractivity contribution in [3.05, 3.63) is 30.6 Å². The molecule has 0 atom stereocenters. The molecule has 4 N–H and O–H groups in total. The van der Waals surface area contributed by atoms with Crippen molar-refractivity contribution >= 4 is 31.7 Å². The van der Waals surface area contributed by atoms with Gasteiger partial charge in [-0.2, -0.15) is 0 Å². The van der Waals surface area contributed by atoms with Gasteiger partial charge < -0.3 is 41.6 Å². The molecule has 0 aliphatic heterocycles. The van der Waals surface area contributed by atoms with Crippen molar-refractivity contribution in [3.63, 3.8) is 0 Å². The molecule has 16 heteroatoms. The van der Waals surface area contributed by atoms with Crippen LogP contribution in [-0.4, -0.2) is 101 Å². The first-order valence-electron chi connectivity index (χ1n) is 6.46.